The Bertz CT molecular complexity index is 1110. The number of rotatable bonds is 4. The largest absolute Gasteiger partial charge is 0.504 e. The second-order valence-electron chi connectivity index (χ2n) is 6.58. The maximum Gasteiger partial charge on any atom is 0.169 e. The fourth-order valence-electron chi connectivity index (χ4n) is 2.51. The fourth-order valence-corrected chi connectivity index (χ4v) is 3.73. The molecule has 0 fully saturated rings. The third-order valence-electron chi connectivity index (χ3n) is 4.07. The van der Waals surface area contributed by atoms with Crippen molar-refractivity contribution in [3.05, 3.63) is 103 Å². The molecular formula is C24H14Cl6O4. The monoisotopic (exact) mass is 576 g/mol. The van der Waals surface area contributed by atoms with Gasteiger partial charge in [0.25, 0.3) is 0 Å². The van der Waals surface area contributed by atoms with Crippen molar-refractivity contribution in [2.45, 2.75) is 0 Å². The number of ether oxygens (including phenoxy) is 2. The molecule has 0 aliphatic carbocycles. The van der Waals surface area contributed by atoms with Crippen molar-refractivity contribution in [1.29, 1.82) is 0 Å². The molecule has 34 heavy (non-hydrogen) atoms. The van der Waals surface area contributed by atoms with E-state index < -0.39 is 0 Å². The Kier molecular flexibility index (Phi) is 9.31. The minimum absolute atomic E-state index is 0.0523. The van der Waals surface area contributed by atoms with Crippen LogP contribution >= 0.6 is 69.6 Å². The number of halogens is 6. The van der Waals surface area contributed by atoms with Crippen LogP contribution in [0.1, 0.15) is 0 Å². The number of aromatic hydroxyl groups is 2. The third kappa shape index (κ3) is 7.41. The van der Waals surface area contributed by atoms with Crippen molar-refractivity contribution in [1.82, 2.24) is 0 Å². The molecule has 0 unspecified atom stereocenters. The summed E-state index contributed by atoms with van der Waals surface area (Å²) < 4.78 is 10.9. The Morgan fingerprint density at radius 2 is 0.706 bits per heavy atom. The van der Waals surface area contributed by atoms with E-state index >= 15 is 0 Å². The van der Waals surface area contributed by atoms with Gasteiger partial charge in [-0.25, -0.2) is 0 Å². The highest BCUT2D eigenvalue weighted by atomic mass is 35.5. The maximum absolute atomic E-state index is 9.62. The number of hydrogen-bond acceptors (Lipinski definition) is 4. The lowest BCUT2D eigenvalue weighted by Crippen LogP contribution is -1.86. The first-order chi connectivity index (χ1) is 16.1. The van der Waals surface area contributed by atoms with Crippen molar-refractivity contribution in [2.24, 2.45) is 0 Å². The van der Waals surface area contributed by atoms with E-state index in [0.29, 0.717) is 41.6 Å². The Balaban J connectivity index is 0.000000191. The van der Waals surface area contributed by atoms with E-state index in [1.165, 1.54) is 12.1 Å². The maximum atomic E-state index is 9.62. The quantitative estimate of drug-likeness (QED) is 0.253. The standard InChI is InChI=1S/2C12H7Cl3O2/c2*13-7-1-3-11(9(15)5-7)17-12-4-2-8(14)6-10(12)16/h2*1-6,16H. The third-order valence-corrected chi connectivity index (χ3v) is 5.60. The first-order valence-electron chi connectivity index (χ1n) is 9.35. The molecule has 4 aromatic rings. The summed E-state index contributed by atoms with van der Waals surface area (Å²) in [6.45, 7) is 0. The molecule has 0 aliphatic heterocycles. The molecule has 0 heterocycles. The zero-order chi connectivity index (χ0) is 24.8. The average Bonchev–Trinajstić information content (AvgIpc) is 2.76. The van der Waals surface area contributed by atoms with Crippen LogP contribution in [-0.2, 0) is 0 Å². The molecule has 0 aliphatic rings. The van der Waals surface area contributed by atoms with E-state index in [0.717, 1.165) is 0 Å². The lowest BCUT2D eigenvalue weighted by atomic mass is 10.3. The molecule has 0 spiro atoms. The normalized spacial score (nSPS) is 10.3. The van der Waals surface area contributed by atoms with Crippen LogP contribution in [0.5, 0.6) is 34.5 Å². The second-order valence-corrected chi connectivity index (χ2v) is 9.14. The van der Waals surface area contributed by atoms with Crippen LogP contribution in [-0.4, -0.2) is 10.2 Å². The second kappa shape index (κ2) is 12.0. The molecule has 2 N–H and O–H groups in total. The zero-order valence-corrected chi connectivity index (χ0v) is 21.4. The average molecular weight is 579 g/mol. The smallest absolute Gasteiger partial charge is 0.169 e. The van der Waals surface area contributed by atoms with Crippen LogP contribution in [0.15, 0.2) is 72.8 Å². The summed E-state index contributed by atoms with van der Waals surface area (Å²) in [5.74, 6) is 1.27. The number of phenols is 2. The first kappa shape index (κ1) is 26.4. The van der Waals surface area contributed by atoms with Gasteiger partial charge in [0.05, 0.1) is 10.0 Å². The van der Waals surface area contributed by atoms with Gasteiger partial charge in [-0.2, -0.15) is 0 Å². The van der Waals surface area contributed by atoms with Gasteiger partial charge in [-0.15, -0.1) is 0 Å². The van der Waals surface area contributed by atoms with Crippen LogP contribution < -0.4 is 9.47 Å². The topological polar surface area (TPSA) is 58.9 Å². The van der Waals surface area contributed by atoms with Crippen LogP contribution in [0.25, 0.3) is 0 Å². The van der Waals surface area contributed by atoms with E-state index in [-0.39, 0.29) is 23.0 Å². The zero-order valence-electron chi connectivity index (χ0n) is 16.9. The molecule has 0 atom stereocenters. The summed E-state index contributed by atoms with van der Waals surface area (Å²) >= 11 is 34.8. The van der Waals surface area contributed by atoms with Crippen LogP contribution in [0, 0.1) is 0 Å². The van der Waals surface area contributed by atoms with Crippen molar-refractivity contribution in [2.75, 3.05) is 0 Å². The number of phenolic OH excluding ortho intramolecular Hbond substituents is 2. The first-order valence-corrected chi connectivity index (χ1v) is 11.6. The predicted octanol–water partition coefficient (Wildman–Crippen LogP) is 10.3. The van der Waals surface area contributed by atoms with Gasteiger partial charge in [0.1, 0.15) is 11.5 Å². The van der Waals surface area contributed by atoms with Crippen molar-refractivity contribution >= 4 is 69.6 Å². The molecule has 0 radical (unpaired) electrons. The van der Waals surface area contributed by atoms with Gasteiger partial charge in [0, 0.05) is 32.2 Å². The molecule has 176 valence electrons. The highest BCUT2D eigenvalue weighted by molar-refractivity contribution is 6.36. The predicted molar refractivity (Wildman–Crippen MR) is 139 cm³/mol. The Labute approximate surface area is 225 Å². The van der Waals surface area contributed by atoms with Crippen LogP contribution in [0.2, 0.25) is 30.1 Å². The molecule has 4 rings (SSSR count). The van der Waals surface area contributed by atoms with E-state index in [1.807, 2.05) is 0 Å². The Morgan fingerprint density at radius 3 is 1.00 bits per heavy atom. The molecule has 0 amide bonds. The molecule has 0 aromatic heterocycles. The summed E-state index contributed by atoms with van der Waals surface area (Å²) in [6, 6.07) is 18.8. The molecule has 4 aromatic carbocycles. The van der Waals surface area contributed by atoms with Gasteiger partial charge in [0.2, 0.25) is 0 Å². The lowest BCUT2D eigenvalue weighted by molar-refractivity contribution is 0.411. The van der Waals surface area contributed by atoms with Gasteiger partial charge in [-0.05, 0) is 60.7 Å². The Morgan fingerprint density at radius 1 is 0.412 bits per heavy atom. The molecule has 0 saturated carbocycles. The highest BCUT2D eigenvalue weighted by Gasteiger charge is 2.09. The fraction of sp³-hybridized carbons (Fsp3) is 0. The van der Waals surface area contributed by atoms with Gasteiger partial charge < -0.3 is 19.7 Å². The van der Waals surface area contributed by atoms with Crippen molar-refractivity contribution < 1.29 is 19.7 Å². The summed E-state index contributed by atoms with van der Waals surface area (Å²) in [6.07, 6.45) is 0. The minimum Gasteiger partial charge on any atom is -0.504 e. The molecular weight excluding hydrogens is 565 g/mol. The summed E-state index contributed by atoms with van der Waals surface area (Å²) in [5, 5.41) is 21.9. The van der Waals surface area contributed by atoms with Gasteiger partial charge >= 0.3 is 0 Å². The molecule has 10 heteroatoms. The van der Waals surface area contributed by atoms with E-state index in [9.17, 15) is 10.2 Å². The Hall–Kier alpha value is -2.18. The summed E-state index contributed by atoms with van der Waals surface area (Å²) in [5.41, 5.74) is 0. The van der Waals surface area contributed by atoms with Crippen LogP contribution in [0.4, 0.5) is 0 Å². The SMILES string of the molecule is Oc1cc(Cl)ccc1Oc1ccc(Cl)cc1Cl.Oc1cc(Cl)ccc1Oc1ccc(Cl)cc1Cl. The van der Waals surface area contributed by atoms with E-state index in [1.54, 1.807) is 60.7 Å². The van der Waals surface area contributed by atoms with Crippen molar-refractivity contribution in [3.8, 4) is 34.5 Å². The summed E-state index contributed by atoms with van der Waals surface area (Å²) in [7, 11) is 0. The lowest BCUT2D eigenvalue weighted by Gasteiger charge is -2.09. The number of benzene rings is 4. The minimum atomic E-state index is -0.0523. The van der Waals surface area contributed by atoms with Gasteiger partial charge in [-0.1, -0.05) is 69.6 Å². The van der Waals surface area contributed by atoms with Gasteiger partial charge in [0.15, 0.2) is 23.0 Å². The molecule has 0 saturated heterocycles. The van der Waals surface area contributed by atoms with Crippen molar-refractivity contribution in [3.63, 3.8) is 0 Å². The molecule has 4 nitrogen and oxygen atoms in total. The van der Waals surface area contributed by atoms with Gasteiger partial charge in [-0.3, -0.25) is 0 Å². The highest BCUT2D eigenvalue weighted by Crippen LogP contribution is 2.38. The number of hydrogen-bond donors (Lipinski definition) is 2. The molecule has 0 bridgehead atoms. The van der Waals surface area contributed by atoms with Crippen LogP contribution in [0.3, 0.4) is 0 Å². The summed E-state index contributed by atoms with van der Waals surface area (Å²) in [4.78, 5) is 0. The van der Waals surface area contributed by atoms with E-state index in [2.05, 4.69) is 0 Å². The van der Waals surface area contributed by atoms with E-state index in [4.69, 9.17) is 79.1 Å².